The van der Waals surface area contributed by atoms with Gasteiger partial charge in [-0.2, -0.15) is 0 Å². The number of benzene rings is 1. The molecular formula is C15H14NO3-. The van der Waals surface area contributed by atoms with Crippen LogP contribution in [0.5, 0.6) is 0 Å². The fraction of sp³-hybridized carbons (Fsp3) is 0.200. The first-order valence-electron chi connectivity index (χ1n) is 5.92. The fourth-order valence-electron chi connectivity index (χ4n) is 2.25. The van der Waals surface area contributed by atoms with E-state index in [1.165, 1.54) is 6.07 Å². The number of rotatable bonds is 3. The summed E-state index contributed by atoms with van der Waals surface area (Å²) >= 11 is 0. The van der Waals surface area contributed by atoms with E-state index in [1.807, 2.05) is 25.3 Å². The Labute approximate surface area is 111 Å². The molecule has 0 radical (unpaired) electrons. The molecule has 0 spiro atoms. The maximum absolute atomic E-state index is 11.0. The molecule has 4 heteroatoms. The minimum atomic E-state index is -1.21. The lowest BCUT2D eigenvalue weighted by Crippen LogP contribution is -2.22. The minimum Gasteiger partial charge on any atom is -0.545 e. The number of hydrogen-bond donors (Lipinski definition) is 0. The highest BCUT2D eigenvalue weighted by atomic mass is 16.4. The average Bonchev–Trinajstić information content (AvgIpc) is 2.65. The summed E-state index contributed by atoms with van der Waals surface area (Å²) in [5.41, 5.74) is 4.11. The number of nitrogens with zero attached hydrogens (tertiary/aromatic N) is 1. The predicted molar refractivity (Wildman–Crippen MR) is 69.7 cm³/mol. The molecule has 0 aliphatic carbocycles. The summed E-state index contributed by atoms with van der Waals surface area (Å²) in [6.45, 7) is 5.61. The third kappa shape index (κ3) is 2.17. The lowest BCUT2D eigenvalue weighted by molar-refractivity contribution is -0.255. The lowest BCUT2D eigenvalue weighted by Gasteiger charge is -2.14. The van der Waals surface area contributed by atoms with Gasteiger partial charge in [-0.25, -0.2) is 0 Å². The zero-order valence-electron chi connectivity index (χ0n) is 11.1. The number of carbonyl (C=O) groups excluding carboxylic acids is 2. The zero-order valence-corrected chi connectivity index (χ0v) is 11.1. The molecule has 1 aromatic carbocycles. The maximum Gasteiger partial charge on any atom is 0.151 e. The second kappa shape index (κ2) is 4.72. The van der Waals surface area contributed by atoms with Crippen molar-refractivity contribution in [3.8, 4) is 5.69 Å². The molecule has 2 aromatic rings. The largest absolute Gasteiger partial charge is 0.545 e. The normalized spacial score (nSPS) is 10.5. The van der Waals surface area contributed by atoms with Crippen LogP contribution in [0.25, 0.3) is 5.69 Å². The summed E-state index contributed by atoms with van der Waals surface area (Å²) < 4.78 is 1.88. The summed E-state index contributed by atoms with van der Waals surface area (Å²) in [5.74, 6) is -1.21. The molecule has 0 unspecified atom stereocenters. The quantitative estimate of drug-likeness (QED) is 0.783. The van der Waals surface area contributed by atoms with Crippen molar-refractivity contribution in [3.05, 3.63) is 52.3 Å². The Morgan fingerprint density at radius 1 is 1.21 bits per heavy atom. The molecule has 0 saturated carbocycles. The van der Waals surface area contributed by atoms with E-state index in [-0.39, 0.29) is 5.56 Å². The second-order valence-corrected chi connectivity index (χ2v) is 4.57. The number of carboxylic acids is 1. The summed E-state index contributed by atoms with van der Waals surface area (Å²) in [4.78, 5) is 21.9. The number of aryl methyl sites for hydroxylation is 2. The van der Waals surface area contributed by atoms with Gasteiger partial charge < -0.3 is 14.5 Å². The smallest absolute Gasteiger partial charge is 0.151 e. The maximum atomic E-state index is 11.0. The van der Waals surface area contributed by atoms with E-state index in [0.717, 1.165) is 28.9 Å². The van der Waals surface area contributed by atoms with Gasteiger partial charge in [-0.1, -0.05) is 12.1 Å². The molecule has 19 heavy (non-hydrogen) atoms. The lowest BCUT2D eigenvalue weighted by atomic mass is 10.1. The van der Waals surface area contributed by atoms with E-state index < -0.39 is 5.97 Å². The average molecular weight is 256 g/mol. The van der Waals surface area contributed by atoms with Gasteiger partial charge >= 0.3 is 0 Å². The topological polar surface area (TPSA) is 62.1 Å². The molecule has 0 N–H and O–H groups in total. The molecule has 0 amide bonds. The molecule has 4 nitrogen and oxygen atoms in total. The van der Waals surface area contributed by atoms with Crippen molar-refractivity contribution in [1.29, 1.82) is 0 Å². The van der Waals surface area contributed by atoms with Crippen LogP contribution in [0, 0.1) is 20.8 Å². The first-order chi connectivity index (χ1) is 8.95. The third-order valence-corrected chi connectivity index (χ3v) is 3.28. The Morgan fingerprint density at radius 2 is 1.89 bits per heavy atom. The molecule has 0 aliphatic heterocycles. The van der Waals surface area contributed by atoms with E-state index in [4.69, 9.17) is 0 Å². The van der Waals surface area contributed by atoms with Crippen molar-refractivity contribution < 1.29 is 14.7 Å². The van der Waals surface area contributed by atoms with Gasteiger partial charge in [0.05, 0.1) is 5.97 Å². The number of carboxylic acid groups (broad SMARTS) is 1. The molecule has 0 fully saturated rings. The van der Waals surface area contributed by atoms with Gasteiger partial charge in [-0.05, 0) is 44.0 Å². The first kappa shape index (κ1) is 13.1. The molecular weight excluding hydrogens is 242 g/mol. The van der Waals surface area contributed by atoms with Gasteiger partial charge in [0.2, 0.25) is 0 Å². The molecule has 2 rings (SSSR count). The summed E-state index contributed by atoms with van der Waals surface area (Å²) in [6, 6.07) is 6.61. The van der Waals surface area contributed by atoms with E-state index in [9.17, 15) is 14.7 Å². The second-order valence-electron chi connectivity index (χ2n) is 4.57. The van der Waals surface area contributed by atoms with Crippen LogP contribution in [-0.2, 0) is 0 Å². The van der Waals surface area contributed by atoms with Gasteiger partial charge in [-0.3, -0.25) is 4.79 Å². The number of aldehydes is 1. The number of carbonyl (C=O) groups is 2. The number of aromatic nitrogens is 1. The van der Waals surface area contributed by atoms with Crippen LogP contribution in [0.2, 0.25) is 0 Å². The van der Waals surface area contributed by atoms with E-state index in [1.54, 1.807) is 18.2 Å². The van der Waals surface area contributed by atoms with Crippen LogP contribution in [-0.4, -0.2) is 16.8 Å². The Hall–Kier alpha value is -2.36. The van der Waals surface area contributed by atoms with E-state index in [0.29, 0.717) is 5.56 Å². The molecule has 0 aliphatic rings. The van der Waals surface area contributed by atoms with Gasteiger partial charge in [0, 0.05) is 22.6 Å². The fourth-order valence-corrected chi connectivity index (χ4v) is 2.25. The highest BCUT2D eigenvalue weighted by Crippen LogP contribution is 2.23. The monoisotopic (exact) mass is 256 g/mol. The number of hydrogen-bond acceptors (Lipinski definition) is 3. The van der Waals surface area contributed by atoms with Gasteiger partial charge in [0.1, 0.15) is 0 Å². The number of aromatic carboxylic acids is 1. The van der Waals surface area contributed by atoms with Crippen molar-refractivity contribution >= 4 is 12.3 Å². The van der Waals surface area contributed by atoms with Gasteiger partial charge in [-0.15, -0.1) is 0 Å². The highest BCUT2D eigenvalue weighted by Gasteiger charge is 2.12. The van der Waals surface area contributed by atoms with Crippen molar-refractivity contribution in [2.75, 3.05) is 0 Å². The Balaban J connectivity index is 2.71. The standard InChI is InChI=1S/C15H15NO3/c1-9-4-5-12(15(18)19)7-14(9)16-10(2)6-13(8-17)11(16)3/h4-8H,1-3H3,(H,18,19)/p-1. The zero-order chi connectivity index (χ0) is 14.2. The molecule has 0 bridgehead atoms. The molecule has 98 valence electrons. The van der Waals surface area contributed by atoms with Gasteiger partial charge in [0.25, 0.3) is 0 Å². The van der Waals surface area contributed by atoms with Crippen LogP contribution in [0.3, 0.4) is 0 Å². The first-order valence-corrected chi connectivity index (χ1v) is 5.92. The predicted octanol–water partition coefficient (Wildman–Crippen LogP) is 1.58. The summed E-state index contributed by atoms with van der Waals surface area (Å²) in [6.07, 6.45) is 0.802. The summed E-state index contributed by atoms with van der Waals surface area (Å²) in [7, 11) is 0. The molecule has 1 heterocycles. The van der Waals surface area contributed by atoms with Crippen LogP contribution >= 0.6 is 0 Å². The van der Waals surface area contributed by atoms with Crippen molar-refractivity contribution in [2.45, 2.75) is 20.8 Å². The Morgan fingerprint density at radius 3 is 2.42 bits per heavy atom. The SMILES string of the molecule is Cc1ccc(C(=O)[O-])cc1-n1c(C)cc(C=O)c1C. The Bertz CT molecular complexity index is 668. The van der Waals surface area contributed by atoms with E-state index >= 15 is 0 Å². The Kier molecular flexibility index (Phi) is 3.25. The van der Waals surface area contributed by atoms with Crippen LogP contribution in [0.1, 0.15) is 37.7 Å². The van der Waals surface area contributed by atoms with Gasteiger partial charge in [0.15, 0.2) is 6.29 Å². The molecule has 1 aromatic heterocycles. The summed E-state index contributed by atoms with van der Waals surface area (Å²) in [5, 5.41) is 11.0. The van der Waals surface area contributed by atoms with Crippen LogP contribution in [0.15, 0.2) is 24.3 Å². The minimum absolute atomic E-state index is 0.126. The van der Waals surface area contributed by atoms with E-state index in [2.05, 4.69) is 0 Å². The van der Waals surface area contributed by atoms with Crippen molar-refractivity contribution in [3.63, 3.8) is 0 Å². The van der Waals surface area contributed by atoms with Crippen molar-refractivity contribution in [2.24, 2.45) is 0 Å². The van der Waals surface area contributed by atoms with Crippen LogP contribution in [0.4, 0.5) is 0 Å². The third-order valence-electron chi connectivity index (χ3n) is 3.28. The highest BCUT2D eigenvalue weighted by molar-refractivity contribution is 5.87. The molecule has 0 atom stereocenters. The molecule has 0 saturated heterocycles. The van der Waals surface area contributed by atoms with Crippen molar-refractivity contribution in [1.82, 2.24) is 4.57 Å². The van der Waals surface area contributed by atoms with Crippen LogP contribution < -0.4 is 5.11 Å².